The van der Waals surface area contributed by atoms with Gasteiger partial charge in [-0.3, -0.25) is 0 Å². The molecule has 0 radical (unpaired) electrons. The van der Waals surface area contributed by atoms with Crippen LogP contribution in [0.3, 0.4) is 0 Å². The third-order valence-corrected chi connectivity index (χ3v) is 1.89. The van der Waals surface area contributed by atoms with Crippen LogP contribution in [0.15, 0.2) is 12.1 Å². The molecule has 0 bridgehead atoms. The SMILES string of the molecule is CCOc1c(C)cc(N)cc1C(F)(F)F. The van der Waals surface area contributed by atoms with Crippen molar-refractivity contribution >= 4 is 5.69 Å². The second-order valence-corrected chi connectivity index (χ2v) is 3.15. The number of hydrogen-bond acceptors (Lipinski definition) is 2. The molecule has 2 nitrogen and oxygen atoms in total. The van der Waals surface area contributed by atoms with E-state index < -0.39 is 11.7 Å². The second kappa shape index (κ2) is 4.00. The third kappa shape index (κ3) is 2.55. The van der Waals surface area contributed by atoms with Gasteiger partial charge in [0.15, 0.2) is 0 Å². The quantitative estimate of drug-likeness (QED) is 0.776. The van der Waals surface area contributed by atoms with Crippen LogP contribution in [-0.2, 0) is 6.18 Å². The Hall–Kier alpha value is -1.39. The maximum Gasteiger partial charge on any atom is 0.420 e. The first-order valence-corrected chi connectivity index (χ1v) is 4.46. The van der Waals surface area contributed by atoms with E-state index in [1.165, 1.54) is 13.0 Å². The molecule has 0 aliphatic carbocycles. The van der Waals surface area contributed by atoms with Crippen molar-refractivity contribution in [2.45, 2.75) is 20.0 Å². The van der Waals surface area contributed by atoms with Crippen LogP contribution < -0.4 is 10.5 Å². The van der Waals surface area contributed by atoms with Crippen LogP contribution in [0.1, 0.15) is 18.1 Å². The first-order valence-electron chi connectivity index (χ1n) is 4.46. The molecular weight excluding hydrogens is 207 g/mol. The zero-order valence-electron chi connectivity index (χ0n) is 8.48. The molecule has 0 fully saturated rings. The summed E-state index contributed by atoms with van der Waals surface area (Å²) in [6.45, 7) is 3.36. The summed E-state index contributed by atoms with van der Waals surface area (Å²) < 4.78 is 42.8. The van der Waals surface area contributed by atoms with Gasteiger partial charge in [-0.1, -0.05) is 0 Å². The van der Waals surface area contributed by atoms with Gasteiger partial charge in [0.1, 0.15) is 5.75 Å². The minimum atomic E-state index is -4.44. The molecule has 15 heavy (non-hydrogen) atoms. The number of benzene rings is 1. The van der Waals surface area contributed by atoms with Crippen LogP contribution in [-0.4, -0.2) is 6.61 Å². The number of nitrogens with two attached hydrogens (primary N) is 1. The molecule has 0 unspecified atom stereocenters. The van der Waals surface area contributed by atoms with Crippen molar-refractivity contribution in [3.63, 3.8) is 0 Å². The predicted molar refractivity (Wildman–Crippen MR) is 51.8 cm³/mol. The number of anilines is 1. The van der Waals surface area contributed by atoms with Crippen LogP contribution in [0.5, 0.6) is 5.75 Å². The molecule has 0 spiro atoms. The third-order valence-electron chi connectivity index (χ3n) is 1.89. The number of hydrogen-bond donors (Lipinski definition) is 1. The summed E-state index contributed by atoms with van der Waals surface area (Å²) in [7, 11) is 0. The summed E-state index contributed by atoms with van der Waals surface area (Å²) in [5.74, 6) is -0.140. The van der Waals surface area contributed by atoms with Gasteiger partial charge in [0.05, 0.1) is 12.2 Å². The molecule has 1 aromatic rings. The molecule has 0 heterocycles. The van der Waals surface area contributed by atoms with Gasteiger partial charge < -0.3 is 10.5 Å². The minimum absolute atomic E-state index is 0.0864. The van der Waals surface area contributed by atoms with Gasteiger partial charge in [-0.25, -0.2) is 0 Å². The van der Waals surface area contributed by atoms with Crippen molar-refractivity contribution in [1.82, 2.24) is 0 Å². The predicted octanol–water partition coefficient (Wildman–Crippen LogP) is 2.99. The first-order chi connectivity index (χ1) is 6.86. The van der Waals surface area contributed by atoms with Crippen molar-refractivity contribution in [3.05, 3.63) is 23.3 Å². The summed E-state index contributed by atoms with van der Waals surface area (Å²) in [5, 5.41) is 0. The molecule has 0 aromatic heterocycles. The Morgan fingerprint density at radius 1 is 1.33 bits per heavy atom. The number of alkyl halides is 3. The second-order valence-electron chi connectivity index (χ2n) is 3.15. The fourth-order valence-electron chi connectivity index (χ4n) is 1.35. The topological polar surface area (TPSA) is 35.2 Å². The summed E-state index contributed by atoms with van der Waals surface area (Å²) in [4.78, 5) is 0. The van der Waals surface area contributed by atoms with Crippen molar-refractivity contribution in [1.29, 1.82) is 0 Å². The summed E-state index contributed by atoms with van der Waals surface area (Å²) in [5.41, 5.74) is 5.03. The Labute approximate surface area is 85.8 Å². The standard InChI is InChI=1S/C10H12F3NO/c1-3-15-9-6(2)4-7(14)5-8(9)10(11,12)13/h4-5H,3,14H2,1-2H3. The van der Waals surface area contributed by atoms with Crippen molar-refractivity contribution in [3.8, 4) is 5.75 Å². The maximum absolute atomic E-state index is 12.6. The fourth-order valence-corrected chi connectivity index (χ4v) is 1.35. The van der Waals surface area contributed by atoms with E-state index >= 15 is 0 Å². The van der Waals surface area contributed by atoms with Crippen LogP contribution in [0.2, 0.25) is 0 Å². The van der Waals surface area contributed by atoms with E-state index in [2.05, 4.69) is 0 Å². The molecule has 0 aliphatic heterocycles. The first kappa shape index (κ1) is 11.7. The molecule has 5 heteroatoms. The molecule has 0 aliphatic rings. The van der Waals surface area contributed by atoms with E-state index in [9.17, 15) is 13.2 Å². The van der Waals surface area contributed by atoms with E-state index in [1.807, 2.05) is 0 Å². The van der Waals surface area contributed by atoms with Crippen LogP contribution in [0, 0.1) is 6.92 Å². The Balaban J connectivity index is 3.33. The average molecular weight is 219 g/mol. The maximum atomic E-state index is 12.6. The fraction of sp³-hybridized carbons (Fsp3) is 0.400. The number of halogens is 3. The number of rotatable bonds is 2. The lowest BCUT2D eigenvalue weighted by atomic mass is 10.1. The minimum Gasteiger partial charge on any atom is -0.493 e. The highest BCUT2D eigenvalue weighted by atomic mass is 19.4. The molecule has 0 saturated carbocycles. The lowest BCUT2D eigenvalue weighted by Gasteiger charge is -2.16. The highest BCUT2D eigenvalue weighted by Crippen LogP contribution is 2.39. The summed E-state index contributed by atoms with van der Waals surface area (Å²) >= 11 is 0. The smallest absolute Gasteiger partial charge is 0.420 e. The van der Waals surface area contributed by atoms with E-state index in [1.54, 1.807) is 6.92 Å². The Bertz CT molecular complexity index is 360. The van der Waals surface area contributed by atoms with Gasteiger partial charge in [-0.2, -0.15) is 13.2 Å². The van der Waals surface area contributed by atoms with Crippen LogP contribution in [0.4, 0.5) is 18.9 Å². The van der Waals surface area contributed by atoms with E-state index in [4.69, 9.17) is 10.5 Å². The van der Waals surface area contributed by atoms with Crippen LogP contribution in [0.25, 0.3) is 0 Å². The summed E-state index contributed by atoms with van der Waals surface area (Å²) in [6.07, 6.45) is -4.44. The Kier molecular flexibility index (Phi) is 3.12. The number of nitrogen functional groups attached to an aromatic ring is 1. The Morgan fingerprint density at radius 2 is 1.93 bits per heavy atom. The zero-order chi connectivity index (χ0) is 11.6. The molecule has 84 valence electrons. The van der Waals surface area contributed by atoms with Gasteiger partial charge >= 0.3 is 6.18 Å². The molecule has 2 N–H and O–H groups in total. The largest absolute Gasteiger partial charge is 0.493 e. The van der Waals surface area contributed by atoms with Crippen molar-refractivity contribution < 1.29 is 17.9 Å². The normalized spacial score (nSPS) is 11.5. The Morgan fingerprint density at radius 3 is 2.40 bits per heavy atom. The average Bonchev–Trinajstić information content (AvgIpc) is 2.07. The molecule has 0 atom stereocenters. The highest BCUT2D eigenvalue weighted by Gasteiger charge is 2.35. The van der Waals surface area contributed by atoms with E-state index in [0.717, 1.165) is 6.07 Å². The van der Waals surface area contributed by atoms with Gasteiger partial charge in [0.25, 0.3) is 0 Å². The molecule has 1 rings (SSSR count). The van der Waals surface area contributed by atoms with Gasteiger partial charge in [-0.15, -0.1) is 0 Å². The van der Waals surface area contributed by atoms with Crippen molar-refractivity contribution in [2.75, 3.05) is 12.3 Å². The van der Waals surface area contributed by atoms with Gasteiger partial charge in [0.2, 0.25) is 0 Å². The van der Waals surface area contributed by atoms with E-state index in [-0.39, 0.29) is 18.0 Å². The van der Waals surface area contributed by atoms with Gasteiger partial charge in [0, 0.05) is 5.69 Å². The monoisotopic (exact) mass is 219 g/mol. The molecule has 1 aromatic carbocycles. The van der Waals surface area contributed by atoms with E-state index in [0.29, 0.717) is 5.56 Å². The van der Waals surface area contributed by atoms with Crippen LogP contribution >= 0.6 is 0 Å². The number of ether oxygens (including phenoxy) is 1. The lowest BCUT2D eigenvalue weighted by molar-refractivity contribution is -0.138. The lowest BCUT2D eigenvalue weighted by Crippen LogP contribution is -2.10. The molecular formula is C10H12F3NO. The summed E-state index contributed by atoms with van der Waals surface area (Å²) in [6, 6.07) is 2.35. The molecule has 0 amide bonds. The van der Waals surface area contributed by atoms with Gasteiger partial charge in [-0.05, 0) is 31.5 Å². The highest BCUT2D eigenvalue weighted by molar-refractivity contribution is 5.53. The zero-order valence-corrected chi connectivity index (χ0v) is 8.48. The number of aryl methyl sites for hydroxylation is 1. The molecule has 0 saturated heterocycles. The van der Waals surface area contributed by atoms with Crippen molar-refractivity contribution in [2.24, 2.45) is 0 Å².